The largest absolute Gasteiger partial charge is 0.493 e. The van der Waals surface area contributed by atoms with Gasteiger partial charge in [0.05, 0.1) is 20.3 Å². The van der Waals surface area contributed by atoms with Crippen molar-refractivity contribution in [3.63, 3.8) is 0 Å². The van der Waals surface area contributed by atoms with Crippen LogP contribution in [0, 0.1) is 6.92 Å². The van der Waals surface area contributed by atoms with E-state index < -0.39 is 0 Å². The van der Waals surface area contributed by atoms with Gasteiger partial charge >= 0.3 is 0 Å². The van der Waals surface area contributed by atoms with E-state index in [9.17, 15) is 4.79 Å². The van der Waals surface area contributed by atoms with Gasteiger partial charge in [-0.2, -0.15) is 0 Å². The van der Waals surface area contributed by atoms with E-state index in [0.717, 1.165) is 21.3 Å². The monoisotopic (exact) mass is 453 g/mol. The summed E-state index contributed by atoms with van der Waals surface area (Å²) in [5, 5.41) is 3.49. The van der Waals surface area contributed by atoms with Crippen LogP contribution in [0.2, 0.25) is 0 Å². The first-order valence-corrected chi connectivity index (χ1v) is 10.1. The molecule has 0 radical (unpaired) electrons. The fraction of sp³-hybridized carbons (Fsp3) is 0.208. The topological polar surface area (TPSA) is 47.6 Å². The predicted octanol–water partition coefficient (Wildman–Crippen LogP) is 6.20. The first kappa shape index (κ1) is 20.9. The van der Waals surface area contributed by atoms with Gasteiger partial charge in [0.1, 0.15) is 0 Å². The molecule has 0 saturated carbocycles. The molecule has 5 heteroatoms. The summed E-state index contributed by atoms with van der Waals surface area (Å²) in [6.45, 7) is 2.01. The van der Waals surface area contributed by atoms with Gasteiger partial charge in [0.25, 0.3) is 0 Å². The normalized spacial score (nSPS) is 11.6. The molecule has 0 aliphatic rings. The summed E-state index contributed by atoms with van der Waals surface area (Å²) in [6.07, 6.45) is 0.314. The Morgan fingerprint density at radius 2 is 1.59 bits per heavy atom. The molecular formula is C24H24BrNO3. The Morgan fingerprint density at radius 1 is 0.931 bits per heavy atom. The molecule has 150 valence electrons. The maximum absolute atomic E-state index is 13.0. The van der Waals surface area contributed by atoms with Crippen molar-refractivity contribution in [3.8, 4) is 11.5 Å². The van der Waals surface area contributed by atoms with Gasteiger partial charge in [-0.15, -0.1) is 0 Å². The van der Waals surface area contributed by atoms with Crippen molar-refractivity contribution >= 4 is 27.4 Å². The third-order valence-corrected chi connectivity index (χ3v) is 5.29. The maximum atomic E-state index is 13.0. The first-order chi connectivity index (χ1) is 14.0. The van der Waals surface area contributed by atoms with Crippen molar-refractivity contribution in [2.24, 2.45) is 0 Å². The summed E-state index contributed by atoms with van der Waals surface area (Å²) in [4.78, 5) is 13.0. The van der Waals surface area contributed by atoms with E-state index in [1.807, 2.05) is 73.7 Å². The number of ether oxygens (including phenoxy) is 2. The minimum atomic E-state index is -0.218. The van der Waals surface area contributed by atoms with Crippen LogP contribution >= 0.6 is 15.9 Å². The molecule has 0 bridgehead atoms. The number of Topliss-reactive ketones (excluding diaryl/α,β-unsaturated/α-hetero) is 1. The maximum Gasteiger partial charge on any atom is 0.165 e. The molecule has 3 aromatic carbocycles. The van der Waals surface area contributed by atoms with Gasteiger partial charge in [-0.3, -0.25) is 4.79 Å². The summed E-state index contributed by atoms with van der Waals surface area (Å²) < 4.78 is 11.8. The Kier molecular flexibility index (Phi) is 6.94. The van der Waals surface area contributed by atoms with Crippen LogP contribution in [0.1, 0.15) is 33.9 Å². The summed E-state index contributed by atoms with van der Waals surface area (Å²) in [5.74, 6) is 1.37. The molecule has 0 aliphatic heterocycles. The van der Waals surface area contributed by atoms with Crippen molar-refractivity contribution in [2.45, 2.75) is 19.4 Å². The first-order valence-electron chi connectivity index (χ1n) is 9.34. The number of hydrogen-bond acceptors (Lipinski definition) is 4. The summed E-state index contributed by atoms with van der Waals surface area (Å²) >= 11 is 3.46. The number of carbonyl (C=O) groups is 1. The number of aryl methyl sites for hydroxylation is 1. The van der Waals surface area contributed by atoms with Crippen LogP contribution in [0.25, 0.3) is 0 Å². The number of nitrogens with one attached hydrogen (secondary N) is 1. The van der Waals surface area contributed by atoms with Gasteiger partial charge in [0, 0.05) is 22.1 Å². The zero-order chi connectivity index (χ0) is 20.8. The molecule has 0 saturated heterocycles. The Morgan fingerprint density at radius 3 is 2.21 bits per heavy atom. The van der Waals surface area contributed by atoms with Crippen LogP contribution in [-0.2, 0) is 0 Å². The van der Waals surface area contributed by atoms with E-state index in [4.69, 9.17) is 9.47 Å². The SMILES string of the molecule is COc1ccc(C(CC(=O)c2ccc(C)cc2)Nc2ccc(Br)cc2)cc1OC. The highest BCUT2D eigenvalue weighted by Crippen LogP contribution is 2.33. The molecule has 0 aromatic heterocycles. The zero-order valence-electron chi connectivity index (χ0n) is 16.7. The lowest BCUT2D eigenvalue weighted by Gasteiger charge is -2.21. The predicted molar refractivity (Wildman–Crippen MR) is 120 cm³/mol. The zero-order valence-corrected chi connectivity index (χ0v) is 18.3. The number of methoxy groups -OCH3 is 2. The van der Waals surface area contributed by atoms with Crippen LogP contribution in [0.3, 0.4) is 0 Å². The smallest absolute Gasteiger partial charge is 0.165 e. The molecule has 3 aromatic rings. The number of benzene rings is 3. The van der Waals surface area contributed by atoms with E-state index in [-0.39, 0.29) is 11.8 Å². The molecule has 0 spiro atoms. The molecule has 0 aliphatic carbocycles. The second kappa shape index (κ2) is 9.61. The van der Waals surface area contributed by atoms with E-state index in [1.54, 1.807) is 14.2 Å². The highest BCUT2D eigenvalue weighted by Gasteiger charge is 2.19. The van der Waals surface area contributed by atoms with E-state index in [1.165, 1.54) is 0 Å². The quantitative estimate of drug-likeness (QED) is 0.412. The summed E-state index contributed by atoms with van der Waals surface area (Å²) in [5.41, 5.74) is 3.72. The number of hydrogen-bond donors (Lipinski definition) is 1. The molecule has 0 amide bonds. The molecular weight excluding hydrogens is 430 g/mol. The van der Waals surface area contributed by atoms with Crippen molar-refractivity contribution in [3.05, 3.63) is 87.9 Å². The number of ketones is 1. The Hall–Kier alpha value is -2.79. The van der Waals surface area contributed by atoms with Gasteiger partial charge in [-0.1, -0.05) is 51.8 Å². The highest BCUT2D eigenvalue weighted by molar-refractivity contribution is 9.10. The van der Waals surface area contributed by atoms with Crippen LogP contribution in [0.15, 0.2) is 71.2 Å². The van der Waals surface area contributed by atoms with E-state index in [2.05, 4.69) is 21.2 Å². The average molecular weight is 454 g/mol. The lowest BCUT2D eigenvalue weighted by Crippen LogP contribution is -2.16. The third kappa shape index (κ3) is 5.39. The minimum absolute atomic E-state index is 0.0781. The number of carbonyl (C=O) groups excluding carboxylic acids is 1. The molecule has 4 nitrogen and oxygen atoms in total. The van der Waals surface area contributed by atoms with Crippen LogP contribution in [0.4, 0.5) is 5.69 Å². The third-order valence-electron chi connectivity index (χ3n) is 4.76. The number of anilines is 1. The number of halogens is 1. The molecule has 1 N–H and O–H groups in total. The van der Waals surface area contributed by atoms with Crippen molar-refractivity contribution in [2.75, 3.05) is 19.5 Å². The molecule has 1 unspecified atom stereocenters. The minimum Gasteiger partial charge on any atom is -0.493 e. The van der Waals surface area contributed by atoms with Crippen molar-refractivity contribution in [1.29, 1.82) is 0 Å². The van der Waals surface area contributed by atoms with Gasteiger partial charge in [-0.25, -0.2) is 0 Å². The van der Waals surface area contributed by atoms with Crippen LogP contribution in [0.5, 0.6) is 11.5 Å². The molecule has 0 heterocycles. The number of rotatable bonds is 8. The lowest BCUT2D eigenvalue weighted by atomic mass is 9.96. The fourth-order valence-corrected chi connectivity index (χ4v) is 3.38. The molecule has 29 heavy (non-hydrogen) atoms. The lowest BCUT2D eigenvalue weighted by molar-refractivity contribution is 0.0976. The Balaban J connectivity index is 1.91. The standard InChI is InChI=1S/C24H24BrNO3/c1-16-4-6-17(7-5-16)22(27)15-21(26-20-11-9-19(25)10-12-20)18-8-13-23(28-2)24(14-18)29-3/h4-14,21,26H,15H2,1-3H3. The van der Waals surface area contributed by atoms with Gasteiger partial charge in [0.2, 0.25) is 0 Å². The average Bonchev–Trinajstić information content (AvgIpc) is 2.74. The molecule has 3 rings (SSSR count). The van der Waals surface area contributed by atoms with E-state index in [0.29, 0.717) is 23.5 Å². The van der Waals surface area contributed by atoms with Gasteiger partial charge in [0.15, 0.2) is 17.3 Å². The van der Waals surface area contributed by atoms with Crippen molar-refractivity contribution < 1.29 is 14.3 Å². The molecule has 1 atom stereocenters. The fourth-order valence-electron chi connectivity index (χ4n) is 3.11. The highest BCUT2D eigenvalue weighted by atomic mass is 79.9. The summed E-state index contributed by atoms with van der Waals surface area (Å²) in [6, 6.07) is 21.1. The van der Waals surface area contributed by atoms with Crippen molar-refractivity contribution in [1.82, 2.24) is 0 Å². The summed E-state index contributed by atoms with van der Waals surface area (Å²) in [7, 11) is 3.21. The Labute approximate surface area is 180 Å². The molecule has 0 fully saturated rings. The van der Waals surface area contributed by atoms with Crippen LogP contribution < -0.4 is 14.8 Å². The second-order valence-electron chi connectivity index (χ2n) is 6.81. The Bertz CT molecular complexity index is 968. The van der Waals surface area contributed by atoms with Crippen LogP contribution in [-0.4, -0.2) is 20.0 Å². The van der Waals surface area contributed by atoms with E-state index >= 15 is 0 Å². The van der Waals surface area contributed by atoms with Gasteiger partial charge in [-0.05, 0) is 48.9 Å². The van der Waals surface area contributed by atoms with Gasteiger partial charge < -0.3 is 14.8 Å². The second-order valence-corrected chi connectivity index (χ2v) is 7.73.